The van der Waals surface area contributed by atoms with Gasteiger partial charge in [0.1, 0.15) is 5.82 Å². The molecule has 1 aliphatic heterocycles. The molecule has 1 atom stereocenters. The van der Waals surface area contributed by atoms with E-state index in [1.165, 1.54) is 59.4 Å². The number of thioether (sulfide) groups is 1. The van der Waals surface area contributed by atoms with E-state index < -0.39 is 29.5 Å². The molecule has 2 aromatic carbocycles. The minimum Gasteiger partial charge on any atom is -0.503 e. The first kappa shape index (κ1) is 27.6. The summed E-state index contributed by atoms with van der Waals surface area (Å²) in [4.78, 5) is 45.0. The number of anilines is 1. The number of aromatic nitrogens is 3. The number of esters is 1. The summed E-state index contributed by atoms with van der Waals surface area (Å²) in [6, 6.07) is 11.3. The zero-order valence-corrected chi connectivity index (χ0v) is 23.8. The van der Waals surface area contributed by atoms with Gasteiger partial charge in [-0.3, -0.25) is 14.5 Å². The summed E-state index contributed by atoms with van der Waals surface area (Å²) >= 11 is 3.66. The number of halogens is 1. The summed E-state index contributed by atoms with van der Waals surface area (Å²) in [5, 5.41) is 20.2. The highest BCUT2D eigenvalue weighted by Gasteiger charge is 2.46. The summed E-state index contributed by atoms with van der Waals surface area (Å²) in [6.45, 7) is 3.46. The highest BCUT2D eigenvalue weighted by atomic mass is 32.2. The number of rotatable bonds is 8. The van der Waals surface area contributed by atoms with Crippen molar-refractivity contribution in [3.05, 3.63) is 97.9 Å². The van der Waals surface area contributed by atoms with E-state index in [0.29, 0.717) is 31.2 Å². The zero-order chi connectivity index (χ0) is 28.6. The molecule has 0 bridgehead atoms. The Morgan fingerprint density at radius 3 is 2.40 bits per heavy atom. The van der Waals surface area contributed by atoms with Gasteiger partial charge in [-0.2, -0.15) is 0 Å². The van der Waals surface area contributed by atoms with Crippen LogP contribution in [-0.2, 0) is 15.3 Å². The van der Waals surface area contributed by atoms with Crippen LogP contribution >= 0.6 is 34.4 Å². The number of hydrogen-bond acceptors (Lipinski definition) is 11. The van der Waals surface area contributed by atoms with Gasteiger partial charge in [0.05, 0.1) is 39.9 Å². The molecule has 0 radical (unpaired) electrons. The lowest BCUT2D eigenvalue weighted by Gasteiger charge is -2.24. The Hall–Kier alpha value is -3.94. The number of aryl methyl sites for hydroxylation is 2. The number of amides is 1. The smallest absolute Gasteiger partial charge is 0.337 e. The molecule has 3 heterocycles. The second-order valence-electron chi connectivity index (χ2n) is 8.70. The summed E-state index contributed by atoms with van der Waals surface area (Å²) in [5.74, 6) is -2.37. The van der Waals surface area contributed by atoms with Crippen LogP contribution in [0.2, 0.25) is 0 Å². The van der Waals surface area contributed by atoms with Crippen LogP contribution in [0.4, 0.5) is 9.52 Å². The Kier molecular flexibility index (Phi) is 7.79. The molecule has 1 unspecified atom stereocenters. The number of thiazole rings is 1. The van der Waals surface area contributed by atoms with Gasteiger partial charge in [-0.1, -0.05) is 47.4 Å². The average Bonchev–Trinajstić information content (AvgIpc) is 3.63. The molecule has 0 saturated heterocycles. The molecule has 13 heteroatoms. The normalized spacial score (nSPS) is 15.2. The van der Waals surface area contributed by atoms with Crippen LogP contribution in [0.1, 0.15) is 47.9 Å². The number of aliphatic hydroxyl groups excluding tert-OH is 1. The van der Waals surface area contributed by atoms with E-state index in [9.17, 15) is 23.9 Å². The van der Waals surface area contributed by atoms with Crippen LogP contribution in [-0.4, -0.2) is 45.1 Å². The molecule has 2 aromatic heterocycles. The molecule has 204 valence electrons. The monoisotopic (exact) mass is 596 g/mol. The van der Waals surface area contributed by atoms with Gasteiger partial charge in [0.2, 0.25) is 10.9 Å². The lowest BCUT2D eigenvalue weighted by molar-refractivity contribution is -0.117. The Morgan fingerprint density at radius 1 is 1.07 bits per heavy atom. The highest BCUT2D eigenvalue weighted by Crippen LogP contribution is 2.44. The molecule has 0 fully saturated rings. The van der Waals surface area contributed by atoms with Gasteiger partial charge in [0, 0.05) is 5.75 Å². The number of methoxy groups -OCH3 is 1. The maximum Gasteiger partial charge on any atom is 0.337 e. The van der Waals surface area contributed by atoms with Crippen LogP contribution in [0.25, 0.3) is 0 Å². The molecule has 1 aliphatic rings. The van der Waals surface area contributed by atoms with Crippen molar-refractivity contribution in [2.45, 2.75) is 30.0 Å². The second kappa shape index (κ2) is 11.3. The second-order valence-corrected chi connectivity index (χ2v) is 12.1. The summed E-state index contributed by atoms with van der Waals surface area (Å²) in [6.07, 6.45) is 0. The Labute approximate surface area is 240 Å². The minimum atomic E-state index is -1.03. The van der Waals surface area contributed by atoms with E-state index >= 15 is 0 Å². The van der Waals surface area contributed by atoms with E-state index in [4.69, 9.17) is 4.74 Å². The number of carbonyl (C=O) groups excluding carboxylic acids is 3. The van der Waals surface area contributed by atoms with Crippen molar-refractivity contribution in [2.24, 2.45) is 0 Å². The van der Waals surface area contributed by atoms with E-state index in [1.807, 2.05) is 0 Å². The van der Waals surface area contributed by atoms with E-state index in [2.05, 4.69) is 15.2 Å². The molecule has 0 spiro atoms. The number of ketones is 1. The molecule has 40 heavy (non-hydrogen) atoms. The minimum absolute atomic E-state index is 0.113. The van der Waals surface area contributed by atoms with Crippen molar-refractivity contribution in [2.75, 3.05) is 12.0 Å². The standard InChI is InChI=1S/C27H21FN4O5S3/c1-13-23(39-14(2)29-13)21(33)19-20(16-6-8-17(9-7-16)25(36)37-3)32(24(35)22(19)34)26-30-31-27(40-26)38-12-15-4-10-18(28)11-5-15/h4-11,20,34H,12H2,1-3H3. The van der Waals surface area contributed by atoms with Gasteiger partial charge in [-0.15, -0.1) is 21.5 Å². The summed E-state index contributed by atoms with van der Waals surface area (Å²) in [7, 11) is 1.27. The van der Waals surface area contributed by atoms with Gasteiger partial charge in [-0.05, 0) is 49.2 Å². The summed E-state index contributed by atoms with van der Waals surface area (Å²) in [5.41, 5.74) is 2.02. The van der Waals surface area contributed by atoms with Crippen molar-refractivity contribution in [1.82, 2.24) is 15.2 Å². The maximum atomic E-state index is 13.7. The average molecular weight is 597 g/mol. The number of ether oxygens (including phenoxy) is 1. The fourth-order valence-corrected chi connectivity index (χ4v) is 6.91. The third-order valence-corrected chi connectivity index (χ3v) is 9.29. The van der Waals surface area contributed by atoms with Gasteiger partial charge in [0.25, 0.3) is 5.91 Å². The molecule has 9 nitrogen and oxygen atoms in total. The number of nitrogens with zero attached hydrogens (tertiary/aromatic N) is 4. The molecule has 1 N–H and O–H groups in total. The van der Waals surface area contributed by atoms with Crippen molar-refractivity contribution >= 4 is 57.2 Å². The SMILES string of the molecule is COC(=O)c1ccc(C2C(C(=O)c3sc(C)nc3C)=C(O)C(=O)N2c2nnc(SCc3ccc(F)cc3)s2)cc1. The van der Waals surface area contributed by atoms with Crippen LogP contribution in [0, 0.1) is 19.7 Å². The third-order valence-electron chi connectivity index (χ3n) is 6.09. The van der Waals surface area contributed by atoms with Crippen molar-refractivity contribution < 1.29 is 28.6 Å². The Balaban J connectivity index is 1.51. The van der Waals surface area contributed by atoms with E-state index in [1.54, 1.807) is 38.1 Å². The van der Waals surface area contributed by atoms with E-state index in [-0.39, 0.29) is 22.1 Å². The van der Waals surface area contributed by atoms with Gasteiger partial charge in [-0.25, -0.2) is 14.2 Å². The van der Waals surface area contributed by atoms with Gasteiger partial charge in [0.15, 0.2) is 10.1 Å². The van der Waals surface area contributed by atoms with Crippen LogP contribution in [0.15, 0.2) is 64.2 Å². The Bertz CT molecular complexity index is 1650. The zero-order valence-electron chi connectivity index (χ0n) is 21.4. The van der Waals surface area contributed by atoms with Crippen molar-refractivity contribution in [3.8, 4) is 0 Å². The first-order valence-electron chi connectivity index (χ1n) is 11.8. The number of hydrogen-bond donors (Lipinski definition) is 1. The topological polar surface area (TPSA) is 123 Å². The van der Waals surface area contributed by atoms with Crippen LogP contribution in [0.5, 0.6) is 0 Å². The number of aliphatic hydroxyl groups is 1. The predicted molar refractivity (Wildman–Crippen MR) is 149 cm³/mol. The van der Waals surface area contributed by atoms with Gasteiger partial charge >= 0.3 is 5.97 Å². The first-order valence-corrected chi connectivity index (χ1v) is 14.4. The number of benzene rings is 2. The molecule has 4 aromatic rings. The molecule has 0 aliphatic carbocycles. The van der Waals surface area contributed by atoms with Crippen LogP contribution < -0.4 is 4.90 Å². The lowest BCUT2D eigenvalue weighted by atomic mass is 9.94. The van der Waals surface area contributed by atoms with Gasteiger partial charge < -0.3 is 9.84 Å². The fourth-order valence-electron chi connectivity index (χ4n) is 4.22. The molecular weight excluding hydrogens is 576 g/mol. The molecule has 1 amide bonds. The number of Topliss-reactive ketones (excluding diaryl/α,β-unsaturated/α-hetero) is 1. The van der Waals surface area contributed by atoms with E-state index in [0.717, 1.165) is 16.9 Å². The largest absolute Gasteiger partial charge is 0.503 e. The first-order chi connectivity index (χ1) is 19.2. The summed E-state index contributed by atoms with van der Waals surface area (Å²) < 4.78 is 18.5. The quantitative estimate of drug-likeness (QED) is 0.120. The Morgan fingerprint density at radius 2 is 1.77 bits per heavy atom. The molecule has 0 saturated carbocycles. The third kappa shape index (κ3) is 5.27. The molecular formula is C27H21FN4O5S3. The lowest BCUT2D eigenvalue weighted by Crippen LogP contribution is -2.31. The predicted octanol–water partition coefficient (Wildman–Crippen LogP) is 5.61. The highest BCUT2D eigenvalue weighted by molar-refractivity contribution is 8.00. The maximum absolute atomic E-state index is 13.7. The number of carbonyl (C=O) groups is 3. The van der Waals surface area contributed by atoms with Crippen LogP contribution in [0.3, 0.4) is 0 Å². The molecule has 5 rings (SSSR count). The van der Waals surface area contributed by atoms with Crippen molar-refractivity contribution in [3.63, 3.8) is 0 Å². The van der Waals surface area contributed by atoms with Crippen molar-refractivity contribution in [1.29, 1.82) is 0 Å². The fraction of sp³-hybridized carbons (Fsp3) is 0.185.